The molecule has 0 aliphatic rings. The maximum absolute atomic E-state index is 14.7. The topological polar surface area (TPSA) is 124 Å². The van der Waals surface area contributed by atoms with Crippen molar-refractivity contribution >= 4 is 11.9 Å². The number of pyridine rings is 1. The molecule has 8 nitrogen and oxygen atoms in total. The summed E-state index contributed by atoms with van der Waals surface area (Å²) < 4.78 is 40.2. The van der Waals surface area contributed by atoms with E-state index in [-0.39, 0.29) is 36.5 Å². The molecule has 0 bridgehead atoms. The summed E-state index contributed by atoms with van der Waals surface area (Å²) in [7, 11) is 0. The second kappa shape index (κ2) is 13.1. The van der Waals surface area contributed by atoms with Crippen LogP contribution in [0.4, 0.5) is 8.78 Å². The van der Waals surface area contributed by atoms with Crippen LogP contribution in [0.25, 0.3) is 11.1 Å². The molecule has 0 spiro atoms. The number of nitrogens with two attached hydrogens (primary N) is 1. The zero-order valence-electron chi connectivity index (χ0n) is 22.3. The van der Waals surface area contributed by atoms with Gasteiger partial charge in [0.15, 0.2) is 17.7 Å². The van der Waals surface area contributed by atoms with Crippen molar-refractivity contribution in [1.29, 1.82) is 0 Å². The van der Waals surface area contributed by atoms with Gasteiger partial charge in [-0.1, -0.05) is 45.9 Å². The first kappa shape index (κ1) is 29.5. The van der Waals surface area contributed by atoms with Crippen LogP contribution in [0.1, 0.15) is 45.2 Å². The second-order valence-corrected chi connectivity index (χ2v) is 9.88. The Labute approximate surface area is 226 Å². The van der Waals surface area contributed by atoms with Crippen LogP contribution in [0.15, 0.2) is 48.5 Å². The number of halogens is 2. The highest BCUT2D eigenvalue weighted by molar-refractivity contribution is 5.78. The second-order valence-electron chi connectivity index (χ2n) is 9.88. The van der Waals surface area contributed by atoms with Gasteiger partial charge >= 0.3 is 5.97 Å². The summed E-state index contributed by atoms with van der Waals surface area (Å²) in [5, 5.41) is 12.3. The molecule has 1 aromatic heterocycles. The average Bonchev–Trinajstić information content (AvgIpc) is 2.89. The lowest BCUT2D eigenvalue weighted by Gasteiger charge is -2.17. The van der Waals surface area contributed by atoms with E-state index in [0.717, 1.165) is 11.1 Å². The molecule has 1 heterocycles. The fourth-order valence-electron chi connectivity index (χ4n) is 3.72. The summed E-state index contributed by atoms with van der Waals surface area (Å²) in [6.45, 7) is 7.65. The lowest BCUT2D eigenvalue weighted by Crippen LogP contribution is -2.29. The van der Waals surface area contributed by atoms with E-state index >= 15 is 0 Å². The van der Waals surface area contributed by atoms with Crippen LogP contribution in [0, 0.1) is 23.5 Å². The number of amides is 1. The number of hydrogen-bond donors (Lipinski definition) is 3. The molecule has 0 fully saturated rings. The summed E-state index contributed by atoms with van der Waals surface area (Å²) >= 11 is 0. The number of aliphatic carboxylic acids is 1. The van der Waals surface area contributed by atoms with Gasteiger partial charge in [-0.05, 0) is 58.9 Å². The Hall–Kier alpha value is -4.05. The van der Waals surface area contributed by atoms with Crippen molar-refractivity contribution in [3.8, 4) is 28.6 Å². The molecule has 3 rings (SSSR count). The first-order valence-electron chi connectivity index (χ1n) is 12.6. The Morgan fingerprint density at radius 2 is 1.67 bits per heavy atom. The molecule has 39 heavy (non-hydrogen) atoms. The molecule has 4 N–H and O–H groups in total. The maximum atomic E-state index is 14.7. The number of rotatable bonds is 12. The van der Waals surface area contributed by atoms with E-state index in [9.17, 15) is 23.5 Å². The van der Waals surface area contributed by atoms with Crippen LogP contribution in [0.5, 0.6) is 17.5 Å². The molecule has 0 aliphatic heterocycles. The molecule has 1 amide bonds. The normalized spacial score (nSPS) is 11.9. The fraction of sp³-hybridized carbons (Fsp3) is 0.345. The standard InChI is InChI=1S/C29H33F2N3O5/c1-16(2)8-25(29(36)37)39-28-24(31)13-23(30)27(34-28)38-22-11-19(15-33-26(35)17(3)4)10-21(12-22)20-7-5-6-18(9-20)14-32/h5-7,9-13,16-17,25H,8,14-15,32H2,1-4H3,(H,33,35)(H,36,37)/t25-/m1/s1. The summed E-state index contributed by atoms with van der Waals surface area (Å²) in [6, 6.07) is 13.1. The van der Waals surface area contributed by atoms with E-state index in [1.807, 2.05) is 30.3 Å². The largest absolute Gasteiger partial charge is 0.479 e. The number of carbonyl (C=O) groups is 2. The molecular weight excluding hydrogens is 508 g/mol. The molecule has 10 heteroatoms. The molecule has 0 saturated carbocycles. The molecule has 0 saturated heterocycles. The molecule has 0 unspecified atom stereocenters. The van der Waals surface area contributed by atoms with Crippen molar-refractivity contribution in [2.24, 2.45) is 17.6 Å². The first-order valence-corrected chi connectivity index (χ1v) is 12.6. The van der Waals surface area contributed by atoms with Crippen LogP contribution < -0.4 is 20.5 Å². The minimum absolute atomic E-state index is 0.0551. The van der Waals surface area contributed by atoms with E-state index in [1.54, 1.807) is 39.8 Å². The van der Waals surface area contributed by atoms with Crippen LogP contribution in [-0.2, 0) is 22.7 Å². The highest BCUT2D eigenvalue weighted by Crippen LogP contribution is 2.32. The van der Waals surface area contributed by atoms with Crippen LogP contribution in [0.2, 0.25) is 0 Å². The van der Waals surface area contributed by atoms with Crippen molar-refractivity contribution in [2.75, 3.05) is 0 Å². The number of carboxylic acids is 1. The summed E-state index contributed by atoms with van der Waals surface area (Å²) in [6.07, 6.45) is -1.28. The van der Waals surface area contributed by atoms with E-state index in [2.05, 4.69) is 10.3 Å². The maximum Gasteiger partial charge on any atom is 0.344 e. The Balaban J connectivity index is 1.99. The van der Waals surface area contributed by atoms with Crippen LogP contribution >= 0.6 is 0 Å². The lowest BCUT2D eigenvalue weighted by molar-refractivity contribution is -0.146. The molecular formula is C29H33F2N3O5. The summed E-state index contributed by atoms with van der Waals surface area (Å²) in [4.78, 5) is 27.5. The number of nitrogens with one attached hydrogen (secondary N) is 1. The number of carboxylic acid groups (broad SMARTS) is 1. The number of hydrogen-bond acceptors (Lipinski definition) is 6. The third-order valence-corrected chi connectivity index (χ3v) is 5.75. The summed E-state index contributed by atoms with van der Waals surface area (Å²) in [5.74, 6) is -5.07. The van der Waals surface area contributed by atoms with Gasteiger partial charge in [0.05, 0.1) is 0 Å². The zero-order valence-corrected chi connectivity index (χ0v) is 22.3. The molecule has 3 aromatic rings. The van der Waals surface area contributed by atoms with Crippen molar-refractivity contribution in [3.05, 3.63) is 71.3 Å². The van der Waals surface area contributed by atoms with E-state index < -0.39 is 35.5 Å². The van der Waals surface area contributed by atoms with Crippen molar-refractivity contribution < 1.29 is 33.0 Å². The third kappa shape index (κ3) is 8.22. The van der Waals surface area contributed by atoms with Gasteiger partial charge in [0, 0.05) is 25.1 Å². The SMILES string of the molecule is CC(C)C[C@@H](Oc1nc(Oc2cc(CNC(=O)C(C)C)cc(-c3cccc(CN)c3)c2)c(F)cc1F)C(=O)O. The number of benzene rings is 2. The van der Waals surface area contributed by atoms with Gasteiger partial charge in [0.25, 0.3) is 11.8 Å². The first-order chi connectivity index (χ1) is 18.5. The summed E-state index contributed by atoms with van der Waals surface area (Å²) in [5.41, 5.74) is 8.87. The Morgan fingerprint density at radius 1 is 0.974 bits per heavy atom. The smallest absolute Gasteiger partial charge is 0.344 e. The van der Waals surface area contributed by atoms with Gasteiger partial charge in [-0.25, -0.2) is 13.6 Å². The number of ether oxygens (including phenoxy) is 2. The molecule has 0 aliphatic carbocycles. The molecule has 2 aromatic carbocycles. The van der Waals surface area contributed by atoms with Gasteiger partial charge in [-0.3, -0.25) is 4.79 Å². The van der Waals surface area contributed by atoms with Gasteiger partial charge in [-0.15, -0.1) is 0 Å². The Morgan fingerprint density at radius 3 is 2.31 bits per heavy atom. The predicted molar refractivity (Wildman–Crippen MR) is 142 cm³/mol. The van der Waals surface area contributed by atoms with Crippen molar-refractivity contribution in [1.82, 2.24) is 10.3 Å². The van der Waals surface area contributed by atoms with Crippen molar-refractivity contribution in [3.63, 3.8) is 0 Å². The fourth-order valence-corrected chi connectivity index (χ4v) is 3.72. The van der Waals surface area contributed by atoms with E-state index in [0.29, 0.717) is 23.7 Å². The number of carbonyl (C=O) groups excluding carboxylic acids is 1. The number of nitrogens with zero attached hydrogens (tertiary/aromatic N) is 1. The van der Waals surface area contributed by atoms with E-state index in [1.165, 1.54) is 0 Å². The lowest BCUT2D eigenvalue weighted by atomic mass is 10.0. The molecule has 208 valence electrons. The molecule has 0 radical (unpaired) electrons. The Kier molecular flexibility index (Phi) is 9.95. The van der Waals surface area contributed by atoms with Gasteiger partial charge in [0.2, 0.25) is 5.91 Å². The van der Waals surface area contributed by atoms with Gasteiger partial charge in [0.1, 0.15) is 5.75 Å². The van der Waals surface area contributed by atoms with Gasteiger partial charge < -0.3 is 25.6 Å². The monoisotopic (exact) mass is 541 g/mol. The average molecular weight is 542 g/mol. The highest BCUT2D eigenvalue weighted by atomic mass is 19.1. The highest BCUT2D eigenvalue weighted by Gasteiger charge is 2.25. The minimum atomic E-state index is -1.38. The third-order valence-electron chi connectivity index (χ3n) is 5.75. The quantitative estimate of drug-likeness (QED) is 0.279. The van der Waals surface area contributed by atoms with Crippen LogP contribution in [0.3, 0.4) is 0 Å². The number of aromatic nitrogens is 1. The predicted octanol–water partition coefficient (Wildman–Crippen LogP) is 5.43. The molecule has 1 atom stereocenters. The van der Waals surface area contributed by atoms with E-state index in [4.69, 9.17) is 15.2 Å². The Bertz CT molecular complexity index is 1330. The van der Waals surface area contributed by atoms with Crippen molar-refractivity contribution in [2.45, 2.75) is 53.3 Å². The van der Waals surface area contributed by atoms with Crippen LogP contribution in [-0.4, -0.2) is 28.1 Å². The minimum Gasteiger partial charge on any atom is -0.479 e. The zero-order chi connectivity index (χ0) is 28.7. The van der Waals surface area contributed by atoms with Gasteiger partial charge in [-0.2, -0.15) is 4.98 Å².